The van der Waals surface area contributed by atoms with Crippen molar-refractivity contribution in [1.82, 2.24) is 4.98 Å². The van der Waals surface area contributed by atoms with E-state index in [0.717, 1.165) is 11.4 Å². The quantitative estimate of drug-likeness (QED) is 0.570. The number of carbonyl (C=O) groups is 1. The Hall–Kier alpha value is -1.03. The fraction of sp³-hybridized carbons (Fsp3) is 0.455. The molecule has 0 saturated carbocycles. The molecule has 1 aromatic heterocycles. The molecule has 1 rings (SSSR count). The molecule has 0 radical (unpaired) electrons. The molecule has 0 aliphatic carbocycles. The van der Waals surface area contributed by atoms with Gasteiger partial charge in [0, 0.05) is 6.20 Å². The molecule has 0 aliphatic heterocycles. The van der Waals surface area contributed by atoms with Gasteiger partial charge in [0.25, 0.3) is 0 Å². The van der Waals surface area contributed by atoms with Gasteiger partial charge in [0.2, 0.25) is 0 Å². The molecule has 82 valence electrons. The largest absolute Gasteiger partial charge is 0.465 e. The van der Waals surface area contributed by atoms with Crippen LogP contribution in [-0.4, -0.2) is 22.8 Å². The molecule has 1 aromatic rings. The van der Waals surface area contributed by atoms with Crippen LogP contribution in [0.4, 0.5) is 0 Å². The van der Waals surface area contributed by atoms with E-state index in [9.17, 15) is 4.79 Å². The third-order valence-electron chi connectivity index (χ3n) is 1.82. The molecule has 0 amide bonds. The maximum absolute atomic E-state index is 11.5. The molecule has 3 nitrogen and oxygen atoms in total. The topological polar surface area (TPSA) is 39.2 Å². The Morgan fingerprint density at radius 3 is 2.87 bits per heavy atom. The van der Waals surface area contributed by atoms with Crippen LogP contribution in [-0.2, 0) is 9.53 Å². The van der Waals surface area contributed by atoms with Gasteiger partial charge in [-0.1, -0.05) is 24.8 Å². The van der Waals surface area contributed by atoms with Crippen molar-refractivity contribution in [3.05, 3.63) is 24.4 Å². The van der Waals surface area contributed by atoms with Gasteiger partial charge in [-0.25, -0.2) is 4.98 Å². The molecule has 1 unspecified atom stereocenters. The summed E-state index contributed by atoms with van der Waals surface area (Å²) in [5.74, 6) is -0.157. The van der Waals surface area contributed by atoms with E-state index in [1.54, 1.807) is 6.20 Å². The van der Waals surface area contributed by atoms with Gasteiger partial charge in [-0.2, -0.15) is 0 Å². The van der Waals surface area contributed by atoms with Crippen molar-refractivity contribution >= 4 is 17.7 Å². The van der Waals surface area contributed by atoms with Gasteiger partial charge < -0.3 is 4.74 Å². The number of esters is 1. The molecular weight excluding hydrogens is 210 g/mol. The van der Waals surface area contributed by atoms with Crippen LogP contribution in [0.25, 0.3) is 0 Å². The molecule has 0 aliphatic rings. The van der Waals surface area contributed by atoms with Crippen molar-refractivity contribution in [3.63, 3.8) is 0 Å². The average Bonchev–Trinajstić information content (AvgIpc) is 2.27. The highest BCUT2D eigenvalue weighted by molar-refractivity contribution is 8.00. The van der Waals surface area contributed by atoms with E-state index in [4.69, 9.17) is 4.74 Å². The smallest absolute Gasteiger partial charge is 0.319 e. The first-order chi connectivity index (χ1) is 7.27. The van der Waals surface area contributed by atoms with Gasteiger partial charge in [0.1, 0.15) is 5.25 Å². The molecule has 0 spiro atoms. The lowest BCUT2D eigenvalue weighted by molar-refractivity contribution is -0.142. The minimum absolute atomic E-state index is 0.153. The summed E-state index contributed by atoms with van der Waals surface area (Å²) in [5, 5.41) is 0.706. The Bertz CT molecular complexity index is 303. The first-order valence-electron chi connectivity index (χ1n) is 5.02. The molecule has 0 fully saturated rings. The number of carbonyl (C=O) groups excluding carboxylic acids is 1. The van der Waals surface area contributed by atoms with Crippen molar-refractivity contribution in [1.29, 1.82) is 0 Å². The summed E-state index contributed by atoms with van der Waals surface area (Å²) in [6.07, 6.45) is 2.47. The lowest BCUT2D eigenvalue weighted by atomic mass is 10.3. The lowest BCUT2D eigenvalue weighted by Crippen LogP contribution is -2.19. The van der Waals surface area contributed by atoms with E-state index in [1.807, 2.05) is 32.0 Å². The number of hydrogen-bond donors (Lipinski definition) is 0. The SMILES string of the molecule is CCOC(=O)C(CC)Sc1ccccn1. The fourth-order valence-corrected chi connectivity index (χ4v) is 2.00. The van der Waals surface area contributed by atoms with E-state index in [2.05, 4.69) is 4.98 Å². The number of nitrogens with zero attached hydrogens (tertiary/aromatic N) is 1. The van der Waals surface area contributed by atoms with Crippen LogP contribution in [0.1, 0.15) is 20.3 Å². The lowest BCUT2D eigenvalue weighted by Gasteiger charge is -2.11. The maximum atomic E-state index is 11.5. The monoisotopic (exact) mass is 225 g/mol. The second-order valence-corrected chi connectivity index (χ2v) is 4.16. The summed E-state index contributed by atoms with van der Waals surface area (Å²) in [6, 6.07) is 5.66. The molecule has 0 saturated heterocycles. The van der Waals surface area contributed by atoms with Gasteiger partial charge >= 0.3 is 5.97 Å². The van der Waals surface area contributed by atoms with Gasteiger partial charge in [-0.3, -0.25) is 4.79 Å². The molecule has 0 aromatic carbocycles. The predicted molar refractivity (Wildman–Crippen MR) is 60.8 cm³/mol. The molecule has 0 bridgehead atoms. The van der Waals surface area contributed by atoms with E-state index >= 15 is 0 Å². The highest BCUT2D eigenvalue weighted by atomic mass is 32.2. The molecule has 15 heavy (non-hydrogen) atoms. The zero-order valence-electron chi connectivity index (χ0n) is 8.97. The van der Waals surface area contributed by atoms with Crippen molar-refractivity contribution in [2.45, 2.75) is 30.5 Å². The van der Waals surface area contributed by atoms with Crippen molar-refractivity contribution in [3.8, 4) is 0 Å². The van der Waals surface area contributed by atoms with Gasteiger partial charge in [-0.15, -0.1) is 0 Å². The number of hydrogen-bond acceptors (Lipinski definition) is 4. The zero-order chi connectivity index (χ0) is 11.1. The van der Waals surface area contributed by atoms with Crippen molar-refractivity contribution in [2.75, 3.05) is 6.61 Å². The third kappa shape index (κ3) is 3.91. The number of ether oxygens (including phenoxy) is 1. The van der Waals surface area contributed by atoms with Crippen molar-refractivity contribution < 1.29 is 9.53 Å². The van der Waals surface area contributed by atoms with Gasteiger partial charge in [0.05, 0.1) is 11.6 Å². The summed E-state index contributed by atoms with van der Waals surface area (Å²) in [6.45, 7) is 4.21. The summed E-state index contributed by atoms with van der Waals surface area (Å²) in [5.41, 5.74) is 0. The average molecular weight is 225 g/mol. The molecule has 0 N–H and O–H groups in total. The normalized spacial score (nSPS) is 12.1. The third-order valence-corrected chi connectivity index (χ3v) is 3.11. The van der Waals surface area contributed by atoms with Crippen LogP contribution in [0.5, 0.6) is 0 Å². The number of thioether (sulfide) groups is 1. The fourth-order valence-electron chi connectivity index (χ4n) is 1.10. The molecule has 1 heterocycles. The summed E-state index contributed by atoms with van der Waals surface area (Å²) in [4.78, 5) is 15.7. The summed E-state index contributed by atoms with van der Waals surface area (Å²) >= 11 is 1.45. The second kappa shape index (κ2) is 6.45. The highest BCUT2D eigenvalue weighted by Crippen LogP contribution is 2.23. The summed E-state index contributed by atoms with van der Waals surface area (Å²) in [7, 11) is 0. The number of rotatable bonds is 5. The Morgan fingerprint density at radius 2 is 2.33 bits per heavy atom. The predicted octanol–water partition coefficient (Wildman–Crippen LogP) is 2.52. The van der Waals surface area contributed by atoms with Crippen LogP contribution >= 0.6 is 11.8 Å². The zero-order valence-corrected chi connectivity index (χ0v) is 9.79. The second-order valence-electron chi connectivity index (χ2n) is 2.93. The molecule has 1 atom stereocenters. The Kier molecular flexibility index (Phi) is 5.18. The van der Waals surface area contributed by atoms with Crippen LogP contribution in [0.15, 0.2) is 29.4 Å². The van der Waals surface area contributed by atoms with Crippen LogP contribution in [0, 0.1) is 0 Å². The van der Waals surface area contributed by atoms with Gasteiger partial charge in [-0.05, 0) is 25.5 Å². The van der Waals surface area contributed by atoms with E-state index in [-0.39, 0.29) is 11.2 Å². The Morgan fingerprint density at radius 1 is 1.53 bits per heavy atom. The van der Waals surface area contributed by atoms with Crippen LogP contribution in [0.3, 0.4) is 0 Å². The standard InChI is InChI=1S/C11H15NO2S/c1-3-9(11(13)14-4-2)15-10-7-5-6-8-12-10/h5-9H,3-4H2,1-2H3. The maximum Gasteiger partial charge on any atom is 0.319 e. The van der Waals surface area contributed by atoms with E-state index in [1.165, 1.54) is 11.8 Å². The minimum atomic E-state index is -0.157. The Labute approximate surface area is 94.2 Å². The molecular formula is C11H15NO2S. The van der Waals surface area contributed by atoms with Gasteiger partial charge in [0.15, 0.2) is 0 Å². The first-order valence-corrected chi connectivity index (χ1v) is 5.90. The Balaban J connectivity index is 2.58. The molecule has 4 heteroatoms. The van der Waals surface area contributed by atoms with Crippen LogP contribution < -0.4 is 0 Å². The van der Waals surface area contributed by atoms with E-state index < -0.39 is 0 Å². The number of pyridine rings is 1. The van der Waals surface area contributed by atoms with E-state index in [0.29, 0.717) is 6.61 Å². The van der Waals surface area contributed by atoms with Crippen molar-refractivity contribution in [2.24, 2.45) is 0 Å². The highest BCUT2D eigenvalue weighted by Gasteiger charge is 2.19. The first kappa shape index (κ1) is 12.0. The minimum Gasteiger partial charge on any atom is -0.465 e. The number of aromatic nitrogens is 1. The van der Waals surface area contributed by atoms with Crippen LogP contribution in [0.2, 0.25) is 0 Å². The summed E-state index contributed by atoms with van der Waals surface area (Å²) < 4.78 is 4.98.